The Hall–Kier alpha value is -0.770. The van der Waals surface area contributed by atoms with Crippen LogP contribution >= 0.6 is 0 Å². The van der Waals surface area contributed by atoms with Crippen molar-refractivity contribution in [1.82, 2.24) is 5.32 Å². The molecule has 0 radical (unpaired) electrons. The zero-order chi connectivity index (χ0) is 10.3. The van der Waals surface area contributed by atoms with E-state index in [-0.39, 0.29) is 12.6 Å². The van der Waals surface area contributed by atoms with E-state index in [1.54, 1.807) is 0 Å². The van der Waals surface area contributed by atoms with Gasteiger partial charge in [-0.2, -0.15) is 0 Å². The van der Waals surface area contributed by atoms with E-state index in [1.165, 1.54) is 0 Å². The fraction of sp³-hybridized carbons (Fsp3) is 0.889. The lowest BCUT2D eigenvalue weighted by molar-refractivity contribution is 0.281. The molecule has 0 spiro atoms. The quantitative estimate of drug-likeness (QED) is 0.432. The van der Waals surface area contributed by atoms with E-state index in [1.807, 2.05) is 20.8 Å². The van der Waals surface area contributed by atoms with E-state index in [0.29, 0.717) is 12.0 Å². The summed E-state index contributed by atoms with van der Waals surface area (Å²) >= 11 is 0. The molecule has 4 nitrogen and oxygen atoms in total. The fourth-order valence-electron chi connectivity index (χ4n) is 1.02. The minimum Gasteiger partial charge on any atom is -0.396 e. The first kappa shape index (κ1) is 12.2. The molecule has 0 fully saturated rings. The lowest BCUT2D eigenvalue weighted by atomic mass is 10.2. The third-order valence-corrected chi connectivity index (χ3v) is 1.58. The van der Waals surface area contributed by atoms with Crippen LogP contribution in [0, 0.1) is 0 Å². The molecular formula is C9H21N3O. The molecule has 4 heteroatoms. The predicted octanol–water partition coefficient (Wildman–Crippen LogP) is 0.460. The summed E-state index contributed by atoms with van der Waals surface area (Å²) in [5.74, 6) is 0.487. The normalized spacial score (nSPS) is 14.7. The van der Waals surface area contributed by atoms with E-state index in [4.69, 9.17) is 10.8 Å². The number of nitrogens with one attached hydrogen (secondary N) is 1. The van der Waals surface area contributed by atoms with Crippen molar-refractivity contribution in [2.75, 3.05) is 6.61 Å². The highest BCUT2D eigenvalue weighted by atomic mass is 16.2. The van der Waals surface area contributed by atoms with Gasteiger partial charge in [0.05, 0.1) is 6.04 Å². The summed E-state index contributed by atoms with van der Waals surface area (Å²) in [6, 6.07) is 0.493. The lowest BCUT2D eigenvalue weighted by Gasteiger charge is -2.11. The minimum atomic E-state index is 0.179. The van der Waals surface area contributed by atoms with Crippen LogP contribution in [0.1, 0.15) is 33.6 Å². The van der Waals surface area contributed by atoms with E-state index in [2.05, 4.69) is 10.3 Å². The van der Waals surface area contributed by atoms with E-state index >= 15 is 0 Å². The van der Waals surface area contributed by atoms with Crippen molar-refractivity contribution in [3.63, 3.8) is 0 Å². The second-order valence-electron chi connectivity index (χ2n) is 3.53. The molecule has 0 bridgehead atoms. The monoisotopic (exact) mass is 187 g/mol. The van der Waals surface area contributed by atoms with E-state index in [9.17, 15) is 0 Å². The van der Waals surface area contributed by atoms with Gasteiger partial charge < -0.3 is 16.2 Å². The smallest absolute Gasteiger partial charge is 0.189 e. The number of aliphatic hydroxyl groups is 1. The number of aliphatic imine (C=N–C) groups is 1. The Bertz CT molecular complexity index is 157. The van der Waals surface area contributed by atoms with Crippen molar-refractivity contribution in [2.45, 2.75) is 45.7 Å². The van der Waals surface area contributed by atoms with Crippen molar-refractivity contribution in [3.8, 4) is 0 Å². The molecule has 13 heavy (non-hydrogen) atoms. The van der Waals surface area contributed by atoms with Crippen LogP contribution in [0.2, 0.25) is 0 Å². The highest BCUT2D eigenvalue weighted by molar-refractivity contribution is 5.78. The van der Waals surface area contributed by atoms with Gasteiger partial charge in [0.15, 0.2) is 5.96 Å². The first-order chi connectivity index (χ1) is 6.06. The fourth-order valence-corrected chi connectivity index (χ4v) is 1.02. The molecule has 0 aliphatic rings. The third kappa shape index (κ3) is 7.59. The Morgan fingerprint density at radius 1 is 1.46 bits per heavy atom. The summed E-state index contributed by atoms with van der Waals surface area (Å²) in [4.78, 5) is 4.23. The van der Waals surface area contributed by atoms with Crippen LogP contribution in [-0.4, -0.2) is 29.8 Å². The Balaban J connectivity index is 3.76. The summed E-state index contributed by atoms with van der Waals surface area (Å²) in [5.41, 5.74) is 5.62. The third-order valence-electron chi connectivity index (χ3n) is 1.58. The zero-order valence-corrected chi connectivity index (χ0v) is 8.75. The number of nitrogens with zero attached hydrogens (tertiary/aromatic N) is 1. The molecule has 0 aliphatic heterocycles. The molecule has 0 aromatic heterocycles. The van der Waals surface area contributed by atoms with Gasteiger partial charge in [-0.3, -0.25) is 4.99 Å². The Kier molecular flexibility index (Phi) is 6.32. The molecular weight excluding hydrogens is 166 g/mol. The average molecular weight is 187 g/mol. The molecule has 1 atom stereocenters. The van der Waals surface area contributed by atoms with Crippen LogP contribution in [-0.2, 0) is 0 Å². The number of hydrogen-bond donors (Lipinski definition) is 3. The largest absolute Gasteiger partial charge is 0.396 e. The standard InChI is InChI=1S/C9H21N3O/c1-7(2)11-9(10)12-8(3)5-4-6-13/h7-8,13H,4-6H2,1-3H3,(H3,10,11,12). The predicted molar refractivity (Wildman–Crippen MR) is 55.7 cm³/mol. The van der Waals surface area contributed by atoms with Crippen molar-refractivity contribution in [2.24, 2.45) is 10.7 Å². The van der Waals surface area contributed by atoms with E-state index < -0.39 is 0 Å². The molecule has 0 aliphatic carbocycles. The number of nitrogens with two attached hydrogens (primary N) is 1. The van der Waals surface area contributed by atoms with Crippen LogP contribution in [0.25, 0.3) is 0 Å². The molecule has 1 unspecified atom stereocenters. The second kappa shape index (κ2) is 6.71. The van der Waals surface area contributed by atoms with Gasteiger partial charge in [-0.1, -0.05) is 0 Å². The first-order valence-electron chi connectivity index (χ1n) is 4.77. The van der Waals surface area contributed by atoms with Gasteiger partial charge in [0.1, 0.15) is 0 Å². The van der Waals surface area contributed by atoms with Crippen molar-refractivity contribution in [1.29, 1.82) is 0 Å². The van der Waals surface area contributed by atoms with Crippen molar-refractivity contribution in [3.05, 3.63) is 0 Å². The molecule has 0 rings (SSSR count). The summed E-state index contributed by atoms with van der Waals surface area (Å²) in [6.07, 6.45) is 1.65. The molecule has 0 aromatic carbocycles. The highest BCUT2D eigenvalue weighted by Crippen LogP contribution is 1.99. The molecule has 4 N–H and O–H groups in total. The van der Waals surface area contributed by atoms with Gasteiger partial charge in [-0.05, 0) is 33.6 Å². The molecule has 0 amide bonds. The molecule has 78 valence electrons. The SMILES string of the molecule is CC(CCCO)N=C(N)NC(C)C. The molecule has 0 heterocycles. The van der Waals surface area contributed by atoms with Crippen LogP contribution in [0.5, 0.6) is 0 Å². The van der Waals surface area contributed by atoms with Crippen molar-refractivity contribution < 1.29 is 5.11 Å². The maximum absolute atomic E-state index is 8.60. The van der Waals surface area contributed by atoms with Gasteiger partial charge in [-0.15, -0.1) is 0 Å². The molecule has 0 aromatic rings. The molecule has 0 saturated carbocycles. The maximum Gasteiger partial charge on any atom is 0.189 e. The lowest BCUT2D eigenvalue weighted by Crippen LogP contribution is -2.37. The van der Waals surface area contributed by atoms with Gasteiger partial charge in [0.2, 0.25) is 0 Å². The number of guanidine groups is 1. The topological polar surface area (TPSA) is 70.6 Å². The Morgan fingerprint density at radius 2 is 2.08 bits per heavy atom. The number of rotatable bonds is 5. The summed E-state index contributed by atoms with van der Waals surface area (Å²) in [5, 5.41) is 11.6. The highest BCUT2D eigenvalue weighted by Gasteiger charge is 2.00. The summed E-state index contributed by atoms with van der Waals surface area (Å²) < 4.78 is 0. The second-order valence-corrected chi connectivity index (χ2v) is 3.53. The maximum atomic E-state index is 8.60. The van der Waals surface area contributed by atoms with Crippen molar-refractivity contribution >= 4 is 5.96 Å². The Morgan fingerprint density at radius 3 is 2.54 bits per heavy atom. The number of hydrogen-bond acceptors (Lipinski definition) is 2. The summed E-state index contributed by atoms with van der Waals surface area (Å²) in [6.45, 7) is 6.24. The zero-order valence-electron chi connectivity index (χ0n) is 8.75. The molecule has 0 saturated heterocycles. The average Bonchev–Trinajstić information content (AvgIpc) is 1.98. The Labute approximate surface area is 80.2 Å². The van der Waals surface area contributed by atoms with Gasteiger partial charge >= 0.3 is 0 Å². The first-order valence-corrected chi connectivity index (χ1v) is 4.77. The van der Waals surface area contributed by atoms with Crippen LogP contribution in [0.3, 0.4) is 0 Å². The summed E-state index contributed by atoms with van der Waals surface area (Å²) in [7, 11) is 0. The van der Waals surface area contributed by atoms with Crippen LogP contribution in [0.4, 0.5) is 0 Å². The van der Waals surface area contributed by atoms with Gasteiger partial charge in [-0.25, -0.2) is 0 Å². The minimum absolute atomic E-state index is 0.179. The van der Waals surface area contributed by atoms with Crippen LogP contribution < -0.4 is 11.1 Å². The van der Waals surface area contributed by atoms with E-state index in [0.717, 1.165) is 12.8 Å². The van der Waals surface area contributed by atoms with Gasteiger partial charge in [0.25, 0.3) is 0 Å². The van der Waals surface area contributed by atoms with Crippen LogP contribution in [0.15, 0.2) is 4.99 Å². The van der Waals surface area contributed by atoms with Gasteiger partial charge in [0, 0.05) is 12.6 Å². The number of aliphatic hydroxyl groups excluding tert-OH is 1.